The number of rotatable bonds is 3. The third-order valence-electron chi connectivity index (χ3n) is 5.10. The molecule has 3 fully saturated rings. The van der Waals surface area contributed by atoms with Gasteiger partial charge < -0.3 is 4.74 Å². The number of methoxy groups -OCH3 is 1. The van der Waals surface area contributed by atoms with E-state index in [0.717, 1.165) is 13.1 Å². The molecule has 3 atom stereocenters. The first-order chi connectivity index (χ1) is 9.20. The molecule has 1 saturated carbocycles. The van der Waals surface area contributed by atoms with E-state index in [1.54, 1.807) is 0 Å². The summed E-state index contributed by atoms with van der Waals surface area (Å²) in [6.07, 6.45) is 6.36. The highest BCUT2D eigenvalue weighted by Crippen LogP contribution is 2.38. The van der Waals surface area contributed by atoms with E-state index in [1.165, 1.54) is 45.8 Å². The van der Waals surface area contributed by atoms with Gasteiger partial charge in [0.25, 0.3) is 0 Å². The molecule has 4 heteroatoms. The topological polar surface area (TPSA) is 32.8 Å². The van der Waals surface area contributed by atoms with Gasteiger partial charge in [-0.1, -0.05) is 6.42 Å². The molecule has 108 valence electrons. The van der Waals surface area contributed by atoms with E-state index < -0.39 is 0 Å². The van der Waals surface area contributed by atoms with Crippen LogP contribution >= 0.6 is 0 Å². The van der Waals surface area contributed by atoms with Crippen molar-refractivity contribution in [1.29, 1.82) is 0 Å². The number of esters is 1. The van der Waals surface area contributed by atoms with Crippen LogP contribution in [0.1, 0.15) is 39.0 Å². The van der Waals surface area contributed by atoms with Crippen LogP contribution in [0.25, 0.3) is 0 Å². The second-order valence-electron chi connectivity index (χ2n) is 6.50. The molecule has 0 bridgehead atoms. The first-order valence-electron chi connectivity index (χ1n) is 7.78. The largest absolute Gasteiger partial charge is 0.468 e. The molecule has 0 radical (unpaired) electrons. The average molecular weight is 266 g/mol. The fourth-order valence-electron chi connectivity index (χ4n) is 3.89. The van der Waals surface area contributed by atoms with Crippen molar-refractivity contribution in [3.05, 3.63) is 0 Å². The van der Waals surface area contributed by atoms with E-state index in [4.69, 9.17) is 4.74 Å². The standard InChI is InChI=1S/C15H26N2O2/c1-11-9-16-8-4-3-5-13(16)10-17(11)14(12-6-7-12)15(18)19-2/h11-14H,3-10H2,1-2H3. The summed E-state index contributed by atoms with van der Waals surface area (Å²) in [5, 5.41) is 0. The number of nitrogens with zero attached hydrogens (tertiary/aromatic N) is 2. The van der Waals surface area contributed by atoms with E-state index in [-0.39, 0.29) is 12.0 Å². The monoisotopic (exact) mass is 266 g/mol. The molecule has 0 spiro atoms. The minimum Gasteiger partial charge on any atom is -0.468 e. The molecule has 2 saturated heterocycles. The lowest BCUT2D eigenvalue weighted by Gasteiger charge is -2.49. The molecule has 2 heterocycles. The van der Waals surface area contributed by atoms with Gasteiger partial charge in [-0.25, -0.2) is 0 Å². The Morgan fingerprint density at radius 1 is 1.21 bits per heavy atom. The number of ether oxygens (including phenoxy) is 1. The van der Waals surface area contributed by atoms with Gasteiger partial charge >= 0.3 is 5.97 Å². The minimum atomic E-state index is -0.0152. The van der Waals surface area contributed by atoms with Gasteiger partial charge in [0.1, 0.15) is 6.04 Å². The smallest absolute Gasteiger partial charge is 0.323 e. The Kier molecular flexibility index (Phi) is 3.81. The van der Waals surface area contributed by atoms with Crippen LogP contribution in [0.2, 0.25) is 0 Å². The van der Waals surface area contributed by atoms with Crippen molar-refractivity contribution in [1.82, 2.24) is 9.80 Å². The van der Waals surface area contributed by atoms with Crippen molar-refractivity contribution in [2.75, 3.05) is 26.7 Å². The molecule has 0 aromatic heterocycles. The van der Waals surface area contributed by atoms with Crippen molar-refractivity contribution in [3.8, 4) is 0 Å². The fourth-order valence-corrected chi connectivity index (χ4v) is 3.89. The van der Waals surface area contributed by atoms with Crippen LogP contribution in [0, 0.1) is 5.92 Å². The summed E-state index contributed by atoms with van der Waals surface area (Å²) in [5.41, 5.74) is 0. The molecule has 0 aromatic rings. The number of piperazine rings is 1. The third-order valence-corrected chi connectivity index (χ3v) is 5.10. The maximum Gasteiger partial charge on any atom is 0.323 e. The van der Waals surface area contributed by atoms with E-state index in [9.17, 15) is 4.79 Å². The van der Waals surface area contributed by atoms with Crippen molar-refractivity contribution in [3.63, 3.8) is 0 Å². The van der Waals surface area contributed by atoms with Crippen molar-refractivity contribution < 1.29 is 9.53 Å². The van der Waals surface area contributed by atoms with Gasteiger partial charge in [-0.3, -0.25) is 14.6 Å². The number of carbonyl (C=O) groups is 1. The highest BCUT2D eigenvalue weighted by Gasteiger charge is 2.45. The van der Waals surface area contributed by atoms with Gasteiger partial charge in [-0.15, -0.1) is 0 Å². The van der Waals surface area contributed by atoms with Gasteiger partial charge in [-0.2, -0.15) is 0 Å². The summed E-state index contributed by atoms with van der Waals surface area (Å²) in [5.74, 6) is 0.531. The van der Waals surface area contributed by atoms with Crippen LogP contribution < -0.4 is 0 Å². The molecule has 19 heavy (non-hydrogen) atoms. The Bertz CT molecular complexity index is 343. The van der Waals surface area contributed by atoms with E-state index >= 15 is 0 Å². The molecular formula is C15H26N2O2. The van der Waals surface area contributed by atoms with Gasteiger partial charge in [0.15, 0.2) is 0 Å². The number of carbonyl (C=O) groups excluding carboxylic acids is 1. The lowest BCUT2D eigenvalue weighted by atomic mass is 9.95. The lowest BCUT2D eigenvalue weighted by molar-refractivity contribution is -0.151. The Morgan fingerprint density at radius 2 is 2.00 bits per heavy atom. The lowest BCUT2D eigenvalue weighted by Crippen LogP contribution is -2.62. The summed E-state index contributed by atoms with van der Waals surface area (Å²) in [6.45, 7) is 5.68. The molecular weight excluding hydrogens is 240 g/mol. The zero-order valence-corrected chi connectivity index (χ0v) is 12.2. The summed E-state index contributed by atoms with van der Waals surface area (Å²) in [6, 6.07) is 1.15. The van der Waals surface area contributed by atoms with Crippen molar-refractivity contribution in [2.45, 2.75) is 57.2 Å². The highest BCUT2D eigenvalue weighted by atomic mass is 16.5. The quantitative estimate of drug-likeness (QED) is 0.725. The van der Waals surface area contributed by atoms with Gasteiger partial charge in [0, 0.05) is 25.2 Å². The predicted octanol–water partition coefficient (Wildman–Crippen LogP) is 1.50. The molecule has 0 N–H and O–H groups in total. The number of hydrogen-bond donors (Lipinski definition) is 0. The molecule has 0 amide bonds. The highest BCUT2D eigenvalue weighted by molar-refractivity contribution is 5.76. The first kappa shape index (κ1) is 13.4. The molecule has 4 nitrogen and oxygen atoms in total. The third kappa shape index (κ3) is 2.65. The Labute approximate surface area is 116 Å². The van der Waals surface area contributed by atoms with Crippen LogP contribution in [-0.2, 0) is 9.53 Å². The average Bonchev–Trinajstić information content (AvgIpc) is 3.24. The number of piperidine rings is 1. The van der Waals surface area contributed by atoms with Crippen LogP contribution in [-0.4, -0.2) is 60.6 Å². The van der Waals surface area contributed by atoms with E-state index in [2.05, 4.69) is 16.7 Å². The summed E-state index contributed by atoms with van der Waals surface area (Å²) < 4.78 is 5.06. The second kappa shape index (κ2) is 5.41. The molecule has 2 aliphatic heterocycles. The number of hydrogen-bond acceptors (Lipinski definition) is 4. The molecule has 3 aliphatic rings. The Hall–Kier alpha value is -0.610. The summed E-state index contributed by atoms with van der Waals surface area (Å²) in [7, 11) is 1.53. The summed E-state index contributed by atoms with van der Waals surface area (Å²) >= 11 is 0. The van der Waals surface area contributed by atoms with Gasteiger partial charge in [-0.05, 0) is 45.1 Å². The van der Waals surface area contributed by atoms with E-state index in [0.29, 0.717) is 18.0 Å². The van der Waals surface area contributed by atoms with Gasteiger partial charge in [0.05, 0.1) is 7.11 Å². The predicted molar refractivity (Wildman–Crippen MR) is 73.9 cm³/mol. The van der Waals surface area contributed by atoms with E-state index in [1.807, 2.05) is 0 Å². The van der Waals surface area contributed by atoms with Crippen molar-refractivity contribution in [2.24, 2.45) is 5.92 Å². The zero-order chi connectivity index (χ0) is 13.4. The maximum absolute atomic E-state index is 12.1. The minimum absolute atomic E-state index is 0.0152. The van der Waals surface area contributed by atoms with Gasteiger partial charge in [0.2, 0.25) is 0 Å². The fraction of sp³-hybridized carbons (Fsp3) is 0.933. The van der Waals surface area contributed by atoms with Crippen molar-refractivity contribution >= 4 is 5.97 Å². The Morgan fingerprint density at radius 3 is 2.68 bits per heavy atom. The SMILES string of the molecule is COC(=O)C(C1CC1)N1CC2CCCCN2CC1C. The Balaban J connectivity index is 1.73. The first-order valence-corrected chi connectivity index (χ1v) is 7.78. The molecule has 1 aliphatic carbocycles. The van der Waals surface area contributed by atoms with Crippen LogP contribution in [0.4, 0.5) is 0 Å². The second-order valence-corrected chi connectivity index (χ2v) is 6.50. The zero-order valence-electron chi connectivity index (χ0n) is 12.2. The summed E-state index contributed by atoms with van der Waals surface area (Å²) in [4.78, 5) is 17.2. The molecule has 0 aromatic carbocycles. The number of fused-ring (bicyclic) bond motifs is 1. The maximum atomic E-state index is 12.1. The van der Waals surface area contributed by atoms with Crippen LogP contribution in [0.5, 0.6) is 0 Å². The van der Waals surface area contributed by atoms with Crippen LogP contribution in [0.3, 0.4) is 0 Å². The molecule has 3 unspecified atom stereocenters. The normalized spacial score (nSPS) is 34.6. The van der Waals surface area contributed by atoms with Crippen LogP contribution in [0.15, 0.2) is 0 Å². The molecule has 3 rings (SSSR count).